The molecule has 0 saturated carbocycles. The molecule has 0 radical (unpaired) electrons. The van der Waals surface area contributed by atoms with Gasteiger partial charge in [0.2, 0.25) is 0 Å². The molecule has 2 aromatic heterocycles. The van der Waals surface area contributed by atoms with Gasteiger partial charge in [0.15, 0.2) is 5.88 Å². The maximum atomic E-state index is 10.4. The third-order valence-electron chi connectivity index (χ3n) is 5.34. The van der Waals surface area contributed by atoms with Crippen molar-refractivity contribution < 1.29 is 10.2 Å². The van der Waals surface area contributed by atoms with Crippen LogP contribution in [0.25, 0.3) is 11.0 Å². The molecule has 32 heavy (non-hydrogen) atoms. The Morgan fingerprint density at radius 3 is 2.88 bits per heavy atom. The van der Waals surface area contributed by atoms with Crippen LogP contribution in [0, 0.1) is 6.92 Å². The first-order valence-corrected chi connectivity index (χ1v) is 11.0. The number of aromatic hydroxyl groups is 1. The maximum Gasteiger partial charge on any atom is 0.199 e. The first-order valence-electron chi connectivity index (χ1n) is 11.0. The van der Waals surface area contributed by atoms with Gasteiger partial charge in [0.05, 0.1) is 23.2 Å². The fourth-order valence-electron chi connectivity index (χ4n) is 3.57. The number of aliphatic imine (C=N–C) groups is 1. The summed E-state index contributed by atoms with van der Waals surface area (Å²) in [4.78, 5) is 18.1. The van der Waals surface area contributed by atoms with Gasteiger partial charge in [0.1, 0.15) is 17.8 Å². The molecule has 0 amide bonds. The van der Waals surface area contributed by atoms with E-state index in [0.717, 1.165) is 24.2 Å². The largest absolute Gasteiger partial charge is 0.494 e. The van der Waals surface area contributed by atoms with Gasteiger partial charge >= 0.3 is 0 Å². The molecule has 0 saturated heterocycles. The van der Waals surface area contributed by atoms with Crippen LogP contribution in [0.15, 0.2) is 35.6 Å². The lowest BCUT2D eigenvalue weighted by Gasteiger charge is -2.26. The van der Waals surface area contributed by atoms with E-state index in [1.54, 1.807) is 6.21 Å². The highest BCUT2D eigenvalue weighted by molar-refractivity contribution is 6.06. The van der Waals surface area contributed by atoms with Crippen LogP contribution in [-0.4, -0.2) is 82.2 Å². The number of nitrogens with zero attached hydrogens (tertiary/aromatic N) is 4. The van der Waals surface area contributed by atoms with Gasteiger partial charge in [-0.15, -0.1) is 0 Å². The minimum atomic E-state index is 0.00262. The average molecular weight is 440 g/mol. The number of aromatic amines is 1. The number of nitrogens with one attached hydrogen (secondary N) is 3. The molecule has 0 bridgehead atoms. The third kappa shape index (κ3) is 6.03. The molecule has 0 spiro atoms. The lowest BCUT2D eigenvalue weighted by Crippen LogP contribution is -2.43. The highest BCUT2D eigenvalue weighted by atomic mass is 16.3. The minimum Gasteiger partial charge on any atom is -0.494 e. The maximum absolute atomic E-state index is 10.4. The number of anilines is 1. The normalized spacial score (nSPS) is 12.8. The summed E-state index contributed by atoms with van der Waals surface area (Å²) in [6.45, 7) is 7.24. The summed E-state index contributed by atoms with van der Waals surface area (Å²) < 4.78 is 0. The van der Waals surface area contributed by atoms with Crippen LogP contribution < -0.4 is 10.6 Å². The summed E-state index contributed by atoms with van der Waals surface area (Å²) in [6.07, 6.45) is 4.14. The summed E-state index contributed by atoms with van der Waals surface area (Å²) in [6, 6.07) is 7.93. The predicted octanol–water partition coefficient (Wildman–Crippen LogP) is 2.43. The second-order valence-corrected chi connectivity index (χ2v) is 7.88. The Balaban J connectivity index is 1.66. The van der Waals surface area contributed by atoms with E-state index in [9.17, 15) is 10.2 Å². The summed E-state index contributed by atoms with van der Waals surface area (Å²) in [5.74, 6) is 0.628. The van der Waals surface area contributed by atoms with Crippen molar-refractivity contribution in [3.05, 3.63) is 41.7 Å². The Bertz CT molecular complexity index is 1030. The van der Waals surface area contributed by atoms with Crippen LogP contribution >= 0.6 is 0 Å². The van der Waals surface area contributed by atoms with Gasteiger partial charge in [0.25, 0.3) is 0 Å². The number of aromatic nitrogens is 3. The van der Waals surface area contributed by atoms with E-state index in [1.165, 1.54) is 6.33 Å². The van der Waals surface area contributed by atoms with Gasteiger partial charge in [-0.25, -0.2) is 9.97 Å². The number of fused-ring (bicyclic) bond motifs is 1. The Labute approximate surface area is 188 Å². The van der Waals surface area contributed by atoms with Crippen LogP contribution in [0.3, 0.4) is 0 Å². The van der Waals surface area contributed by atoms with Crippen molar-refractivity contribution in [2.75, 3.05) is 45.2 Å². The topological polar surface area (TPSA) is 122 Å². The molecule has 1 atom stereocenters. The van der Waals surface area contributed by atoms with Crippen LogP contribution in [0.2, 0.25) is 0 Å². The first-order chi connectivity index (χ1) is 15.5. The van der Waals surface area contributed by atoms with E-state index in [2.05, 4.69) is 42.4 Å². The molecule has 0 aliphatic carbocycles. The summed E-state index contributed by atoms with van der Waals surface area (Å²) in [5, 5.41) is 27.4. The van der Waals surface area contributed by atoms with E-state index < -0.39 is 0 Å². The van der Waals surface area contributed by atoms with Crippen molar-refractivity contribution >= 4 is 28.8 Å². The number of aliphatic hydroxyl groups is 1. The summed E-state index contributed by atoms with van der Waals surface area (Å²) >= 11 is 0. The van der Waals surface area contributed by atoms with Crippen LogP contribution in [0.5, 0.6) is 5.88 Å². The molecule has 0 unspecified atom stereocenters. The van der Waals surface area contributed by atoms with Gasteiger partial charge < -0.3 is 25.8 Å². The Morgan fingerprint density at radius 1 is 1.28 bits per heavy atom. The molecule has 5 N–H and O–H groups in total. The van der Waals surface area contributed by atoms with Crippen molar-refractivity contribution in [1.82, 2.24) is 25.2 Å². The highest BCUT2D eigenvalue weighted by Crippen LogP contribution is 2.29. The second kappa shape index (κ2) is 11.6. The van der Waals surface area contributed by atoms with Gasteiger partial charge in [-0.1, -0.05) is 19.1 Å². The van der Waals surface area contributed by atoms with Crippen molar-refractivity contribution in [3.63, 3.8) is 0 Å². The van der Waals surface area contributed by atoms with Gasteiger partial charge in [-0.2, -0.15) is 0 Å². The second-order valence-electron chi connectivity index (χ2n) is 7.88. The Kier molecular flexibility index (Phi) is 8.55. The van der Waals surface area contributed by atoms with Crippen LogP contribution in [-0.2, 0) is 0 Å². The van der Waals surface area contributed by atoms with Crippen molar-refractivity contribution in [2.45, 2.75) is 26.3 Å². The zero-order chi connectivity index (χ0) is 22.9. The molecule has 172 valence electrons. The fraction of sp³-hybridized carbons (Fsp3) is 0.435. The zero-order valence-corrected chi connectivity index (χ0v) is 19.0. The molecular weight excluding hydrogens is 406 g/mol. The highest BCUT2D eigenvalue weighted by Gasteiger charge is 2.15. The number of aryl methyl sites for hydroxylation is 1. The van der Waals surface area contributed by atoms with Crippen molar-refractivity contribution in [3.8, 4) is 5.88 Å². The number of H-pyrrole nitrogens is 1. The van der Waals surface area contributed by atoms with E-state index >= 15 is 0 Å². The van der Waals surface area contributed by atoms with Gasteiger partial charge in [0, 0.05) is 31.9 Å². The number of hydrogen-bond donors (Lipinski definition) is 5. The summed E-state index contributed by atoms with van der Waals surface area (Å²) in [7, 11) is 2.03. The molecule has 3 rings (SSSR count). The van der Waals surface area contributed by atoms with Crippen molar-refractivity contribution in [2.24, 2.45) is 4.99 Å². The standard InChI is InChI=1S/C23H33N7O2/c1-4-10-30(3)18(14-31)12-24-8-9-25-21-20-19(23(32)29-22(20)28-15-27-21)13-26-17-7-5-6-16(2)11-17/h5-7,11,13,15,18,24,31-32H,4,8-10,12,14H2,1-3H3,(H2,25,27,28,29)/t18-/m0/s1. The van der Waals surface area contributed by atoms with E-state index in [0.29, 0.717) is 42.0 Å². The predicted molar refractivity (Wildman–Crippen MR) is 129 cm³/mol. The van der Waals surface area contributed by atoms with E-state index in [4.69, 9.17) is 0 Å². The lowest BCUT2D eigenvalue weighted by atomic mass is 10.2. The molecule has 9 nitrogen and oxygen atoms in total. The molecule has 0 aliphatic rings. The van der Waals surface area contributed by atoms with Crippen molar-refractivity contribution in [1.29, 1.82) is 0 Å². The number of hydrogen-bond acceptors (Lipinski definition) is 8. The van der Waals surface area contributed by atoms with Crippen LogP contribution in [0.4, 0.5) is 11.5 Å². The van der Waals surface area contributed by atoms with Gasteiger partial charge in [-0.3, -0.25) is 9.89 Å². The first kappa shape index (κ1) is 23.6. The smallest absolute Gasteiger partial charge is 0.199 e. The zero-order valence-electron chi connectivity index (χ0n) is 19.0. The number of likely N-dealkylation sites (N-methyl/N-ethyl adjacent to an activating group) is 1. The SMILES string of the molecule is CCCN(C)[C@H](CO)CNCCNc1ncnc2[nH]c(O)c(C=Nc3cccc(C)c3)c12. The molecule has 0 fully saturated rings. The van der Waals surface area contributed by atoms with E-state index in [1.807, 2.05) is 38.2 Å². The minimum absolute atomic E-state index is 0.00262. The average Bonchev–Trinajstić information content (AvgIpc) is 3.10. The summed E-state index contributed by atoms with van der Waals surface area (Å²) in [5.41, 5.74) is 3.00. The monoisotopic (exact) mass is 439 g/mol. The molecule has 1 aromatic carbocycles. The number of benzene rings is 1. The lowest BCUT2D eigenvalue weighted by molar-refractivity contribution is 0.145. The molecule has 3 aromatic rings. The Hall–Kier alpha value is -3.01. The molecule has 9 heteroatoms. The van der Waals surface area contributed by atoms with Crippen LogP contribution in [0.1, 0.15) is 24.5 Å². The quantitative estimate of drug-likeness (QED) is 0.217. The fourth-order valence-corrected chi connectivity index (χ4v) is 3.57. The third-order valence-corrected chi connectivity index (χ3v) is 5.34. The number of rotatable bonds is 12. The molecule has 0 aliphatic heterocycles. The van der Waals surface area contributed by atoms with E-state index in [-0.39, 0.29) is 18.5 Å². The number of aliphatic hydroxyl groups excluding tert-OH is 1. The van der Waals surface area contributed by atoms with Gasteiger partial charge in [-0.05, 0) is 44.6 Å². The molecular formula is C23H33N7O2. The molecule has 2 heterocycles. The Morgan fingerprint density at radius 2 is 2.12 bits per heavy atom.